The topological polar surface area (TPSA) is 59.9 Å². The van der Waals surface area contributed by atoms with E-state index in [0.717, 1.165) is 57.2 Å². The van der Waals surface area contributed by atoms with Gasteiger partial charge in [0.05, 0.1) is 28.1 Å². The lowest BCUT2D eigenvalue weighted by molar-refractivity contribution is -0.0411. The molecule has 4 heterocycles. The molecule has 0 bridgehead atoms. The van der Waals surface area contributed by atoms with Gasteiger partial charge < -0.3 is 10.1 Å². The highest BCUT2D eigenvalue weighted by molar-refractivity contribution is 7.25. The molecule has 3 aromatic heterocycles. The molecule has 1 aliphatic heterocycles. The van der Waals surface area contributed by atoms with Gasteiger partial charge in [-0.05, 0) is 33.3 Å². The Morgan fingerprint density at radius 3 is 2.88 bits per heavy atom. The van der Waals surface area contributed by atoms with E-state index in [0.29, 0.717) is 6.61 Å². The number of fused-ring (bicyclic) bond motifs is 4. The monoisotopic (exact) mass is 370 g/mol. The Balaban J connectivity index is 1.78. The maximum atomic E-state index is 5.97. The maximum Gasteiger partial charge on any atom is 0.147 e. The molecule has 4 rings (SSSR count). The zero-order valence-electron chi connectivity index (χ0n) is 16.0. The van der Waals surface area contributed by atoms with Crippen LogP contribution in [0.15, 0.2) is 6.07 Å². The Hall–Kier alpha value is -1.79. The van der Waals surface area contributed by atoms with Crippen LogP contribution in [0.1, 0.15) is 57.1 Å². The average molecular weight is 371 g/mol. The van der Waals surface area contributed by atoms with Crippen LogP contribution >= 0.6 is 11.3 Å². The van der Waals surface area contributed by atoms with Crippen LogP contribution in [-0.2, 0) is 17.8 Å². The minimum atomic E-state index is -0.146. The molecule has 0 unspecified atom stereocenters. The van der Waals surface area contributed by atoms with Crippen molar-refractivity contribution in [2.75, 3.05) is 11.9 Å². The van der Waals surface area contributed by atoms with E-state index in [1.165, 1.54) is 18.4 Å². The predicted molar refractivity (Wildman–Crippen MR) is 108 cm³/mol. The van der Waals surface area contributed by atoms with Crippen LogP contribution in [0.5, 0.6) is 0 Å². The molecule has 1 aliphatic rings. The molecule has 0 amide bonds. The van der Waals surface area contributed by atoms with Crippen molar-refractivity contribution >= 4 is 37.6 Å². The molecule has 0 saturated heterocycles. The summed E-state index contributed by atoms with van der Waals surface area (Å²) in [5, 5.41) is 4.63. The van der Waals surface area contributed by atoms with Gasteiger partial charge in [0.2, 0.25) is 0 Å². The summed E-state index contributed by atoms with van der Waals surface area (Å²) in [4.78, 5) is 15.4. The fraction of sp³-hybridized carbons (Fsp3) is 0.550. The van der Waals surface area contributed by atoms with Gasteiger partial charge in [0.15, 0.2) is 0 Å². The van der Waals surface area contributed by atoms with Gasteiger partial charge in [-0.25, -0.2) is 15.0 Å². The van der Waals surface area contributed by atoms with Gasteiger partial charge in [0.1, 0.15) is 16.5 Å². The van der Waals surface area contributed by atoms with Gasteiger partial charge in [-0.3, -0.25) is 0 Å². The summed E-state index contributed by atoms with van der Waals surface area (Å²) >= 11 is 1.69. The minimum Gasteiger partial charge on any atom is -0.370 e. The molecule has 5 nitrogen and oxygen atoms in total. The van der Waals surface area contributed by atoms with Crippen LogP contribution in [0.3, 0.4) is 0 Å². The quantitative estimate of drug-likeness (QED) is 0.640. The van der Waals surface area contributed by atoms with E-state index >= 15 is 0 Å². The highest BCUT2D eigenvalue weighted by atomic mass is 32.1. The number of pyridine rings is 1. The number of rotatable bonds is 5. The Kier molecular flexibility index (Phi) is 4.57. The summed E-state index contributed by atoms with van der Waals surface area (Å²) in [6, 6.07) is 2.22. The van der Waals surface area contributed by atoms with Crippen molar-refractivity contribution in [3.8, 4) is 0 Å². The van der Waals surface area contributed by atoms with Gasteiger partial charge in [-0.2, -0.15) is 0 Å². The van der Waals surface area contributed by atoms with Gasteiger partial charge in [-0.15, -0.1) is 11.3 Å². The number of thiophene rings is 1. The molecule has 0 fully saturated rings. The number of aryl methyl sites for hydroxylation is 1. The third-order valence-corrected chi connectivity index (χ3v) is 5.97. The zero-order chi connectivity index (χ0) is 18.3. The average Bonchev–Trinajstić information content (AvgIpc) is 2.93. The second-order valence-corrected chi connectivity index (χ2v) is 8.70. The molecule has 6 heteroatoms. The normalized spacial score (nSPS) is 16.2. The SMILES string of the molecule is CCCCCNc1nc(C)nc2c1sc1nc3c(cc12)COC(C)(C)C3. The number of hydrogen-bond acceptors (Lipinski definition) is 6. The number of ether oxygens (including phenoxy) is 1. The van der Waals surface area contributed by atoms with Gasteiger partial charge in [0.25, 0.3) is 0 Å². The largest absolute Gasteiger partial charge is 0.370 e. The summed E-state index contributed by atoms with van der Waals surface area (Å²) in [7, 11) is 0. The molecule has 0 radical (unpaired) electrons. The number of nitrogens with one attached hydrogen (secondary N) is 1. The molecule has 3 aromatic rings. The first kappa shape index (κ1) is 17.6. The van der Waals surface area contributed by atoms with Crippen molar-refractivity contribution in [3.05, 3.63) is 23.1 Å². The van der Waals surface area contributed by atoms with E-state index < -0.39 is 0 Å². The molecule has 0 atom stereocenters. The second kappa shape index (κ2) is 6.74. The van der Waals surface area contributed by atoms with E-state index in [1.807, 2.05) is 6.92 Å². The molecule has 0 aromatic carbocycles. The van der Waals surface area contributed by atoms with Crippen molar-refractivity contribution in [1.29, 1.82) is 0 Å². The van der Waals surface area contributed by atoms with Crippen molar-refractivity contribution in [2.45, 2.75) is 65.6 Å². The van der Waals surface area contributed by atoms with E-state index in [9.17, 15) is 0 Å². The van der Waals surface area contributed by atoms with Crippen molar-refractivity contribution < 1.29 is 4.74 Å². The van der Waals surface area contributed by atoms with Crippen LogP contribution < -0.4 is 5.32 Å². The van der Waals surface area contributed by atoms with Gasteiger partial charge >= 0.3 is 0 Å². The number of unbranched alkanes of at least 4 members (excludes halogenated alkanes) is 2. The molecule has 0 saturated carbocycles. The highest BCUT2D eigenvalue weighted by Gasteiger charge is 2.28. The molecule has 1 N–H and O–H groups in total. The second-order valence-electron chi connectivity index (χ2n) is 7.71. The molecule has 26 heavy (non-hydrogen) atoms. The molecular weight excluding hydrogens is 344 g/mol. The van der Waals surface area contributed by atoms with Crippen molar-refractivity contribution in [2.24, 2.45) is 0 Å². The number of aromatic nitrogens is 3. The summed E-state index contributed by atoms with van der Waals surface area (Å²) < 4.78 is 7.08. The third kappa shape index (κ3) is 3.28. The minimum absolute atomic E-state index is 0.146. The summed E-state index contributed by atoms with van der Waals surface area (Å²) in [5.41, 5.74) is 3.20. The van der Waals surface area contributed by atoms with Crippen LogP contribution in [-0.4, -0.2) is 27.1 Å². The van der Waals surface area contributed by atoms with Crippen molar-refractivity contribution in [3.63, 3.8) is 0 Å². The van der Waals surface area contributed by atoms with Crippen LogP contribution in [0.25, 0.3) is 20.4 Å². The lowest BCUT2D eigenvalue weighted by Gasteiger charge is -2.30. The maximum absolute atomic E-state index is 5.97. The Bertz CT molecular complexity index is 963. The molecule has 138 valence electrons. The Labute approximate surface area is 158 Å². The number of anilines is 1. The van der Waals surface area contributed by atoms with Gasteiger partial charge in [0, 0.05) is 23.9 Å². The third-order valence-electron chi connectivity index (χ3n) is 4.87. The first-order chi connectivity index (χ1) is 12.5. The fourth-order valence-electron chi connectivity index (χ4n) is 3.47. The van der Waals surface area contributed by atoms with Gasteiger partial charge in [-0.1, -0.05) is 19.8 Å². The summed E-state index contributed by atoms with van der Waals surface area (Å²) in [5.74, 6) is 1.74. The lowest BCUT2D eigenvalue weighted by Crippen LogP contribution is -2.32. The number of nitrogens with zero attached hydrogens (tertiary/aromatic N) is 3. The molecule has 0 aliphatic carbocycles. The van der Waals surface area contributed by atoms with E-state index in [2.05, 4.69) is 37.1 Å². The van der Waals surface area contributed by atoms with Crippen molar-refractivity contribution in [1.82, 2.24) is 15.0 Å². The first-order valence-electron chi connectivity index (χ1n) is 9.44. The van der Waals surface area contributed by atoms with Crippen LogP contribution in [0.2, 0.25) is 0 Å². The van der Waals surface area contributed by atoms with E-state index in [-0.39, 0.29) is 5.60 Å². The molecular formula is C20H26N4OS. The lowest BCUT2D eigenvalue weighted by atomic mass is 9.95. The smallest absolute Gasteiger partial charge is 0.147 e. The fourth-order valence-corrected chi connectivity index (χ4v) is 4.55. The summed E-state index contributed by atoms with van der Waals surface area (Å²) in [6.07, 6.45) is 4.46. The number of hydrogen-bond donors (Lipinski definition) is 1. The Morgan fingerprint density at radius 1 is 1.23 bits per heavy atom. The van der Waals surface area contributed by atoms with Crippen LogP contribution in [0, 0.1) is 6.92 Å². The predicted octanol–water partition coefficient (Wildman–Crippen LogP) is 5.00. The van der Waals surface area contributed by atoms with Crippen LogP contribution in [0.4, 0.5) is 5.82 Å². The zero-order valence-corrected chi connectivity index (χ0v) is 16.8. The Morgan fingerprint density at radius 2 is 2.08 bits per heavy atom. The first-order valence-corrected chi connectivity index (χ1v) is 10.3. The molecule has 0 spiro atoms. The highest BCUT2D eigenvalue weighted by Crippen LogP contribution is 2.38. The standard InChI is InChI=1S/C20H26N4OS/c1-5-6-7-8-21-18-17-16(22-12(2)23-18)14-9-13-11-25-20(3,4)10-15(13)24-19(14)26-17/h9H,5-8,10-11H2,1-4H3,(H,21,22,23). The van der Waals surface area contributed by atoms with E-state index in [4.69, 9.17) is 14.7 Å². The van der Waals surface area contributed by atoms with E-state index in [1.54, 1.807) is 11.3 Å². The summed E-state index contributed by atoms with van der Waals surface area (Å²) in [6.45, 7) is 9.99.